The van der Waals surface area contributed by atoms with E-state index in [0.29, 0.717) is 0 Å². The number of hydrogen-bond donors (Lipinski definition) is 1. The summed E-state index contributed by atoms with van der Waals surface area (Å²) in [5.74, 6) is -2.35. The third kappa shape index (κ3) is 2.35. The summed E-state index contributed by atoms with van der Waals surface area (Å²) in [6, 6.07) is 0. The molecule has 0 saturated heterocycles. The Morgan fingerprint density at radius 1 is 1.11 bits per heavy atom. The second-order valence-electron chi connectivity index (χ2n) is 3.77. The molecule has 1 aliphatic heterocycles. The Bertz CT molecular complexity index is 382. The normalized spacial score (nSPS) is 19.2. The molecule has 1 aliphatic rings. The number of alkyl halides is 6. The van der Waals surface area contributed by atoms with E-state index < -0.39 is 29.8 Å². The fraction of sp³-hybridized carbons (Fsp3) is 0.778. The van der Waals surface area contributed by atoms with Crippen LogP contribution >= 0.6 is 0 Å². The van der Waals surface area contributed by atoms with Crippen LogP contribution in [0, 0.1) is 0 Å². The molecule has 0 aliphatic carbocycles. The van der Waals surface area contributed by atoms with Gasteiger partial charge in [-0.05, 0) is 13.8 Å². The van der Waals surface area contributed by atoms with Crippen LogP contribution in [0.2, 0.25) is 0 Å². The fourth-order valence-electron chi connectivity index (χ4n) is 1.62. The molecule has 0 aromatic rings. The number of nitrogens with zero attached hydrogens (tertiary/aromatic N) is 2. The molecule has 0 radical (unpaired) electrons. The first-order chi connectivity index (χ1) is 8.50. The third-order valence-electron chi connectivity index (χ3n) is 2.65. The van der Waals surface area contributed by atoms with Gasteiger partial charge in [-0.15, -0.1) is 0 Å². The standard InChI is InChI=1S/C9H11F6N3O/c1-3-18(4-2)5-6(19)17-7(16-5,8(10,11)12)9(13,14)15/h3-4H2,1-2H3,(H,17,19). The van der Waals surface area contributed by atoms with Crippen molar-refractivity contribution in [3.63, 3.8) is 0 Å². The van der Waals surface area contributed by atoms with Crippen molar-refractivity contribution in [2.24, 2.45) is 4.99 Å². The summed E-state index contributed by atoms with van der Waals surface area (Å²) >= 11 is 0. The lowest BCUT2D eigenvalue weighted by molar-refractivity contribution is -0.300. The summed E-state index contributed by atoms with van der Waals surface area (Å²) in [6.07, 6.45) is -11.5. The molecule has 0 atom stereocenters. The van der Waals surface area contributed by atoms with Crippen LogP contribution < -0.4 is 5.32 Å². The molecule has 1 N–H and O–H groups in total. The molecule has 110 valence electrons. The number of carbonyl (C=O) groups is 1. The molecule has 10 heteroatoms. The Hall–Kier alpha value is -1.48. The monoisotopic (exact) mass is 291 g/mol. The number of rotatable bonds is 2. The lowest BCUT2D eigenvalue weighted by Crippen LogP contribution is -2.63. The van der Waals surface area contributed by atoms with Gasteiger partial charge in [-0.3, -0.25) is 4.79 Å². The van der Waals surface area contributed by atoms with Crippen LogP contribution in [0.5, 0.6) is 0 Å². The van der Waals surface area contributed by atoms with E-state index >= 15 is 0 Å². The SMILES string of the molecule is CCN(CC)C1=NC(C(F)(F)F)(C(F)(F)F)NC1=O. The van der Waals surface area contributed by atoms with Gasteiger partial charge in [-0.25, -0.2) is 4.99 Å². The van der Waals surface area contributed by atoms with Crippen molar-refractivity contribution in [3.8, 4) is 0 Å². The van der Waals surface area contributed by atoms with Crippen molar-refractivity contribution in [2.75, 3.05) is 13.1 Å². The topological polar surface area (TPSA) is 44.7 Å². The highest BCUT2D eigenvalue weighted by Gasteiger charge is 2.75. The van der Waals surface area contributed by atoms with Gasteiger partial charge in [0.15, 0.2) is 5.84 Å². The zero-order valence-corrected chi connectivity index (χ0v) is 9.98. The van der Waals surface area contributed by atoms with Gasteiger partial charge < -0.3 is 10.2 Å². The predicted molar refractivity (Wildman–Crippen MR) is 53.3 cm³/mol. The second-order valence-corrected chi connectivity index (χ2v) is 3.77. The average molecular weight is 291 g/mol. The molecule has 0 aromatic heterocycles. The van der Waals surface area contributed by atoms with Gasteiger partial charge in [0.25, 0.3) is 5.91 Å². The van der Waals surface area contributed by atoms with Gasteiger partial charge in [-0.2, -0.15) is 26.3 Å². The van der Waals surface area contributed by atoms with E-state index in [1.165, 1.54) is 13.8 Å². The van der Waals surface area contributed by atoms with Crippen LogP contribution in [0.1, 0.15) is 13.8 Å². The van der Waals surface area contributed by atoms with E-state index in [0.717, 1.165) is 10.2 Å². The average Bonchev–Trinajstić information content (AvgIpc) is 2.58. The Kier molecular flexibility index (Phi) is 3.74. The van der Waals surface area contributed by atoms with Crippen molar-refractivity contribution in [1.29, 1.82) is 0 Å². The van der Waals surface area contributed by atoms with E-state index in [-0.39, 0.29) is 13.1 Å². The van der Waals surface area contributed by atoms with E-state index in [2.05, 4.69) is 4.99 Å². The molecular formula is C9H11F6N3O. The first kappa shape index (κ1) is 15.6. The van der Waals surface area contributed by atoms with Gasteiger partial charge in [0, 0.05) is 13.1 Å². The lowest BCUT2D eigenvalue weighted by atomic mass is 10.1. The highest BCUT2D eigenvalue weighted by molar-refractivity contribution is 6.39. The molecule has 0 bridgehead atoms. The number of amidine groups is 1. The molecule has 19 heavy (non-hydrogen) atoms. The molecule has 0 aromatic carbocycles. The minimum atomic E-state index is -5.77. The summed E-state index contributed by atoms with van der Waals surface area (Å²) in [6.45, 7) is 3.10. The number of halogens is 6. The van der Waals surface area contributed by atoms with Gasteiger partial charge in [0.2, 0.25) is 0 Å². The Balaban J connectivity index is 3.36. The van der Waals surface area contributed by atoms with E-state index in [1.807, 2.05) is 0 Å². The quantitative estimate of drug-likeness (QED) is 0.787. The predicted octanol–water partition coefficient (Wildman–Crippen LogP) is 1.68. The van der Waals surface area contributed by atoms with Gasteiger partial charge in [-0.1, -0.05) is 0 Å². The van der Waals surface area contributed by atoms with Crippen LogP contribution in [0.4, 0.5) is 26.3 Å². The van der Waals surface area contributed by atoms with Gasteiger partial charge in [0.1, 0.15) is 0 Å². The smallest absolute Gasteiger partial charge is 0.353 e. The van der Waals surface area contributed by atoms with Crippen LogP contribution in [0.15, 0.2) is 4.99 Å². The van der Waals surface area contributed by atoms with Gasteiger partial charge >= 0.3 is 18.0 Å². The fourth-order valence-corrected chi connectivity index (χ4v) is 1.62. The van der Waals surface area contributed by atoms with Crippen LogP contribution in [-0.2, 0) is 4.79 Å². The third-order valence-corrected chi connectivity index (χ3v) is 2.65. The number of aliphatic imine (C=N–C) groups is 1. The molecule has 1 heterocycles. The number of likely N-dealkylation sites (N-methyl/N-ethyl adjacent to an activating group) is 1. The number of amides is 1. The van der Waals surface area contributed by atoms with Crippen molar-refractivity contribution in [1.82, 2.24) is 10.2 Å². The summed E-state index contributed by atoms with van der Waals surface area (Å²) in [4.78, 5) is 15.0. The maximum absolute atomic E-state index is 12.7. The van der Waals surface area contributed by atoms with Crippen LogP contribution in [-0.4, -0.2) is 47.7 Å². The van der Waals surface area contributed by atoms with E-state index in [9.17, 15) is 31.1 Å². The lowest BCUT2D eigenvalue weighted by Gasteiger charge is -2.30. The number of hydrogen-bond acceptors (Lipinski definition) is 3. The molecule has 1 amide bonds. The summed E-state index contributed by atoms with van der Waals surface area (Å²) in [7, 11) is 0. The molecule has 1 rings (SSSR count). The Labute approximate surface area is 104 Å². The number of carbonyl (C=O) groups excluding carboxylic acids is 1. The zero-order chi connectivity index (χ0) is 15.1. The molecule has 0 saturated carbocycles. The van der Waals surface area contributed by atoms with Crippen molar-refractivity contribution in [2.45, 2.75) is 31.9 Å². The minimum Gasteiger partial charge on any atom is -0.353 e. The largest absolute Gasteiger partial charge is 0.441 e. The van der Waals surface area contributed by atoms with Crippen molar-refractivity contribution in [3.05, 3.63) is 0 Å². The molecule has 0 spiro atoms. The minimum absolute atomic E-state index is 0.0640. The second kappa shape index (κ2) is 4.57. The van der Waals surface area contributed by atoms with Crippen LogP contribution in [0.3, 0.4) is 0 Å². The zero-order valence-electron chi connectivity index (χ0n) is 9.98. The first-order valence-corrected chi connectivity index (χ1v) is 5.31. The van der Waals surface area contributed by atoms with Crippen molar-refractivity contribution >= 4 is 11.7 Å². The molecule has 4 nitrogen and oxygen atoms in total. The summed E-state index contributed by atoms with van der Waals surface area (Å²) in [5, 5.41) is 0.912. The highest BCUT2D eigenvalue weighted by Crippen LogP contribution is 2.45. The van der Waals surface area contributed by atoms with E-state index in [4.69, 9.17) is 0 Å². The Morgan fingerprint density at radius 2 is 1.53 bits per heavy atom. The molecule has 0 fully saturated rings. The number of nitrogens with one attached hydrogen (secondary N) is 1. The van der Waals surface area contributed by atoms with Gasteiger partial charge in [0.05, 0.1) is 0 Å². The van der Waals surface area contributed by atoms with Crippen LogP contribution in [0.25, 0.3) is 0 Å². The summed E-state index contributed by atoms with van der Waals surface area (Å²) < 4.78 is 76.0. The maximum Gasteiger partial charge on any atom is 0.441 e. The Morgan fingerprint density at radius 3 is 1.79 bits per heavy atom. The molecular weight excluding hydrogens is 280 g/mol. The van der Waals surface area contributed by atoms with Crippen molar-refractivity contribution < 1.29 is 31.1 Å². The summed E-state index contributed by atoms with van der Waals surface area (Å²) in [5.41, 5.74) is -4.56. The maximum atomic E-state index is 12.7. The van der Waals surface area contributed by atoms with E-state index in [1.54, 1.807) is 0 Å². The first-order valence-electron chi connectivity index (χ1n) is 5.31. The highest BCUT2D eigenvalue weighted by atomic mass is 19.4. The molecule has 0 unspecified atom stereocenters.